The first-order valence-corrected chi connectivity index (χ1v) is 7.30. The molecule has 2 fully saturated rings. The van der Waals surface area contributed by atoms with Gasteiger partial charge in [0.2, 0.25) is 5.91 Å². The highest BCUT2D eigenvalue weighted by Gasteiger charge is 2.55. The first-order chi connectivity index (χ1) is 9.56. The second-order valence-electron chi connectivity index (χ2n) is 5.18. The molecule has 20 heavy (non-hydrogen) atoms. The van der Waals surface area contributed by atoms with Gasteiger partial charge in [-0.25, -0.2) is 0 Å². The number of rotatable bonds is 3. The fraction of sp³-hybridized carbons (Fsp3) is 0.429. The standard InChI is InChI=1S/C14H14BrNO4/c15-7-2-1-3-8(6-7)16-13(17)11-9-4-5-10(20-9)12(11)14(18)19/h1-3,6,9-12H,4-5H2,(H,16,17)(H,18,19)/t9-,10-,11+,12+/m1/s1. The highest BCUT2D eigenvalue weighted by Crippen LogP contribution is 2.44. The summed E-state index contributed by atoms with van der Waals surface area (Å²) in [5, 5.41) is 12.1. The monoisotopic (exact) mass is 339 g/mol. The number of amides is 1. The number of carboxylic acids is 1. The first-order valence-electron chi connectivity index (χ1n) is 6.51. The molecule has 2 heterocycles. The zero-order valence-electron chi connectivity index (χ0n) is 10.6. The molecule has 2 bridgehead atoms. The number of carbonyl (C=O) groups excluding carboxylic acids is 1. The van der Waals surface area contributed by atoms with E-state index in [1.54, 1.807) is 12.1 Å². The van der Waals surface area contributed by atoms with E-state index >= 15 is 0 Å². The van der Waals surface area contributed by atoms with Gasteiger partial charge in [0.05, 0.1) is 24.0 Å². The fourth-order valence-electron chi connectivity index (χ4n) is 3.12. The van der Waals surface area contributed by atoms with E-state index in [2.05, 4.69) is 21.2 Å². The third-order valence-electron chi connectivity index (χ3n) is 3.95. The molecule has 0 spiro atoms. The van der Waals surface area contributed by atoms with Crippen molar-refractivity contribution in [2.24, 2.45) is 11.8 Å². The van der Waals surface area contributed by atoms with Crippen molar-refractivity contribution in [3.05, 3.63) is 28.7 Å². The van der Waals surface area contributed by atoms with Crippen molar-refractivity contribution >= 4 is 33.5 Å². The summed E-state index contributed by atoms with van der Waals surface area (Å²) < 4.78 is 6.45. The van der Waals surface area contributed by atoms with E-state index < -0.39 is 17.8 Å². The molecule has 1 aromatic rings. The predicted molar refractivity (Wildman–Crippen MR) is 75.3 cm³/mol. The minimum atomic E-state index is -0.952. The highest BCUT2D eigenvalue weighted by molar-refractivity contribution is 9.10. The van der Waals surface area contributed by atoms with Gasteiger partial charge < -0.3 is 15.2 Å². The number of carboxylic acid groups (broad SMARTS) is 1. The zero-order valence-corrected chi connectivity index (χ0v) is 12.2. The molecular weight excluding hydrogens is 326 g/mol. The van der Waals surface area contributed by atoms with Gasteiger partial charge in [0.25, 0.3) is 0 Å². The number of ether oxygens (including phenoxy) is 1. The van der Waals surface area contributed by atoms with Crippen molar-refractivity contribution in [3.63, 3.8) is 0 Å². The van der Waals surface area contributed by atoms with Crippen molar-refractivity contribution in [2.75, 3.05) is 5.32 Å². The van der Waals surface area contributed by atoms with Crippen LogP contribution in [-0.2, 0) is 14.3 Å². The largest absolute Gasteiger partial charge is 0.481 e. The lowest BCUT2D eigenvalue weighted by molar-refractivity contribution is -0.147. The van der Waals surface area contributed by atoms with Gasteiger partial charge in [0, 0.05) is 10.2 Å². The van der Waals surface area contributed by atoms with Gasteiger partial charge in [0.1, 0.15) is 0 Å². The van der Waals surface area contributed by atoms with E-state index in [4.69, 9.17) is 4.74 Å². The van der Waals surface area contributed by atoms with Crippen LogP contribution >= 0.6 is 15.9 Å². The second kappa shape index (κ2) is 5.18. The molecule has 0 unspecified atom stereocenters. The summed E-state index contributed by atoms with van der Waals surface area (Å²) >= 11 is 3.33. The lowest BCUT2D eigenvalue weighted by Crippen LogP contribution is -2.40. The average molecular weight is 340 g/mol. The highest BCUT2D eigenvalue weighted by atomic mass is 79.9. The summed E-state index contributed by atoms with van der Waals surface area (Å²) in [6.07, 6.45) is 0.886. The molecular formula is C14H14BrNO4. The summed E-state index contributed by atoms with van der Waals surface area (Å²) in [4.78, 5) is 23.7. The molecule has 1 amide bonds. The molecule has 2 aliphatic heterocycles. The molecule has 2 N–H and O–H groups in total. The number of halogens is 1. The number of fused-ring (bicyclic) bond motifs is 2. The number of hydrogen-bond acceptors (Lipinski definition) is 3. The Kier molecular flexibility index (Phi) is 3.52. The van der Waals surface area contributed by atoms with Gasteiger partial charge in [-0.05, 0) is 31.0 Å². The number of benzene rings is 1. The van der Waals surface area contributed by atoms with E-state index in [9.17, 15) is 14.7 Å². The van der Waals surface area contributed by atoms with Crippen LogP contribution in [0.2, 0.25) is 0 Å². The molecule has 4 atom stereocenters. The van der Waals surface area contributed by atoms with Crippen LogP contribution in [-0.4, -0.2) is 29.2 Å². The Morgan fingerprint density at radius 3 is 2.60 bits per heavy atom. The minimum Gasteiger partial charge on any atom is -0.481 e. The van der Waals surface area contributed by atoms with Gasteiger partial charge >= 0.3 is 5.97 Å². The van der Waals surface area contributed by atoms with Gasteiger partial charge in [-0.3, -0.25) is 9.59 Å². The van der Waals surface area contributed by atoms with Gasteiger partial charge in [-0.2, -0.15) is 0 Å². The Labute approximate surface area is 124 Å². The molecule has 2 saturated heterocycles. The Morgan fingerprint density at radius 2 is 1.95 bits per heavy atom. The Balaban J connectivity index is 1.78. The van der Waals surface area contributed by atoms with Crippen LogP contribution in [0.5, 0.6) is 0 Å². The number of hydrogen-bond donors (Lipinski definition) is 2. The summed E-state index contributed by atoms with van der Waals surface area (Å²) in [5.41, 5.74) is 0.649. The van der Waals surface area contributed by atoms with Gasteiger partial charge in [-0.1, -0.05) is 22.0 Å². The van der Waals surface area contributed by atoms with Crippen LogP contribution in [0.1, 0.15) is 12.8 Å². The van der Waals surface area contributed by atoms with E-state index in [1.807, 2.05) is 12.1 Å². The van der Waals surface area contributed by atoms with Crippen LogP contribution in [0.4, 0.5) is 5.69 Å². The topological polar surface area (TPSA) is 75.6 Å². The van der Waals surface area contributed by atoms with Crippen molar-refractivity contribution in [1.29, 1.82) is 0 Å². The molecule has 5 nitrogen and oxygen atoms in total. The molecule has 1 aromatic carbocycles. The third kappa shape index (κ3) is 2.33. The van der Waals surface area contributed by atoms with E-state index in [-0.39, 0.29) is 18.1 Å². The predicted octanol–water partition coefficient (Wildman–Crippen LogP) is 2.27. The lowest BCUT2D eigenvalue weighted by atomic mass is 9.78. The van der Waals surface area contributed by atoms with Crippen molar-refractivity contribution < 1.29 is 19.4 Å². The summed E-state index contributed by atoms with van der Waals surface area (Å²) in [5.74, 6) is -2.57. The van der Waals surface area contributed by atoms with Crippen molar-refractivity contribution in [2.45, 2.75) is 25.0 Å². The maximum Gasteiger partial charge on any atom is 0.310 e. The first kappa shape index (κ1) is 13.6. The summed E-state index contributed by atoms with van der Waals surface area (Å²) in [7, 11) is 0. The van der Waals surface area contributed by atoms with E-state index in [0.717, 1.165) is 17.3 Å². The van der Waals surface area contributed by atoms with Crippen LogP contribution in [0.15, 0.2) is 28.7 Å². The maximum absolute atomic E-state index is 12.4. The normalized spacial score (nSPS) is 31.2. The van der Waals surface area contributed by atoms with Gasteiger partial charge in [-0.15, -0.1) is 0 Å². The zero-order chi connectivity index (χ0) is 14.3. The molecule has 0 saturated carbocycles. The van der Waals surface area contributed by atoms with Crippen LogP contribution in [0.3, 0.4) is 0 Å². The quantitative estimate of drug-likeness (QED) is 0.885. The summed E-state index contributed by atoms with van der Waals surface area (Å²) in [6.45, 7) is 0. The second-order valence-corrected chi connectivity index (χ2v) is 6.10. The minimum absolute atomic E-state index is 0.270. The fourth-order valence-corrected chi connectivity index (χ4v) is 3.52. The molecule has 2 aliphatic rings. The molecule has 0 aromatic heterocycles. The third-order valence-corrected chi connectivity index (χ3v) is 4.45. The van der Waals surface area contributed by atoms with Crippen LogP contribution < -0.4 is 5.32 Å². The van der Waals surface area contributed by atoms with Crippen molar-refractivity contribution in [1.82, 2.24) is 0 Å². The molecule has 0 radical (unpaired) electrons. The van der Waals surface area contributed by atoms with Crippen LogP contribution in [0.25, 0.3) is 0 Å². The Bertz CT molecular complexity index is 562. The number of nitrogens with one attached hydrogen (secondary N) is 1. The summed E-state index contributed by atoms with van der Waals surface area (Å²) in [6, 6.07) is 7.22. The lowest BCUT2D eigenvalue weighted by Gasteiger charge is -2.23. The van der Waals surface area contributed by atoms with Crippen LogP contribution in [0, 0.1) is 11.8 Å². The van der Waals surface area contributed by atoms with E-state index in [0.29, 0.717) is 5.69 Å². The number of anilines is 1. The van der Waals surface area contributed by atoms with E-state index in [1.165, 1.54) is 0 Å². The molecule has 6 heteroatoms. The van der Waals surface area contributed by atoms with Crippen molar-refractivity contribution in [3.8, 4) is 0 Å². The Morgan fingerprint density at radius 1 is 1.25 bits per heavy atom. The van der Waals surface area contributed by atoms with Gasteiger partial charge in [0.15, 0.2) is 0 Å². The molecule has 106 valence electrons. The number of carbonyl (C=O) groups is 2. The number of aliphatic carboxylic acids is 1. The maximum atomic E-state index is 12.4. The smallest absolute Gasteiger partial charge is 0.310 e. The average Bonchev–Trinajstić information content (AvgIpc) is 2.98. The Hall–Kier alpha value is -1.40. The molecule has 3 rings (SSSR count). The SMILES string of the molecule is O=C(O)[C@@H]1[C@@H](C(=O)Nc2cccc(Br)c2)[C@H]2CC[C@H]1O2. The molecule has 0 aliphatic carbocycles.